The fourth-order valence-electron chi connectivity index (χ4n) is 4.01. The average Bonchev–Trinajstić information content (AvgIpc) is 2.96. The average molecular weight is 571 g/mol. The number of amides is 1. The van der Waals surface area contributed by atoms with E-state index in [0.717, 1.165) is 5.56 Å². The van der Waals surface area contributed by atoms with Crippen LogP contribution in [0.25, 0.3) is 22.2 Å². The predicted molar refractivity (Wildman–Crippen MR) is 156 cm³/mol. The molecule has 0 aliphatic rings. The van der Waals surface area contributed by atoms with Crippen LogP contribution in [-0.2, 0) is 6.61 Å². The van der Waals surface area contributed by atoms with Crippen LogP contribution < -0.4 is 10.2 Å². The fourth-order valence-corrected chi connectivity index (χ4v) is 4.62. The summed E-state index contributed by atoms with van der Waals surface area (Å²) in [5.74, 6) is -0.133. The molecule has 0 spiro atoms. The number of benzene rings is 4. The molecule has 0 atom stereocenters. The molecule has 8 nitrogen and oxygen atoms in total. The van der Waals surface area contributed by atoms with Crippen LogP contribution in [0.1, 0.15) is 21.5 Å². The number of hydrogen-bond donors (Lipinski definition) is 1. The summed E-state index contributed by atoms with van der Waals surface area (Å²) < 4.78 is 5.74. The molecule has 10 heteroatoms. The lowest BCUT2D eigenvalue weighted by atomic mass is 10.0. The summed E-state index contributed by atoms with van der Waals surface area (Å²) in [6.07, 6.45) is 1.43. The zero-order valence-electron chi connectivity index (χ0n) is 20.8. The van der Waals surface area contributed by atoms with Crippen LogP contribution in [0.2, 0.25) is 10.0 Å². The van der Waals surface area contributed by atoms with Gasteiger partial charge in [0.2, 0.25) is 0 Å². The third kappa shape index (κ3) is 6.09. The second-order valence-corrected chi connectivity index (χ2v) is 9.48. The van der Waals surface area contributed by atoms with E-state index in [0.29, 0.717) is 33.3 Å². The maximum atomic E-state index is 13.1. The van der Waals surface area contributed by atoms with Gasteiger partial charge in [0.25, 0.3) is 11.6 Å². The molecule has 4 aromatic carbocycles. The number of pyridine rings is 1. The number of nitrogens with one attached hydrogen (secondary N) is 1. The molecule has 1 aromatic heterocycles. The first kappa shape index (κ1) is 26.8. The Labute approximate surface area is 239 Å². The number of hydrazone groups is 1. The lowest BCUT2D eigenvalue weighted by Gasteiger charge is -2.11. The third-order valence-electron chi connectivity index (χ3n) is 5.96. The Hall–Kier alpha value is -4.79. The van der Waals surface area contributed by atoms with E-state index in [1.54, 1.807) is 30.3 Å². The van der Waals surface area contributed by atoms with Crippen molar-refractivity contribution in [1.29, 1.82) is 0 Å². The molecule has 0 saturated carbocycles. The Morgan fingerprint density at radius 3 is 2.33 bits per heavy atom. The van der Waals surface area contributed by atoms with Gasteiger partial charge in [-0.15, -0.1) is 0 Å². The highest BCUT2D eigenvalue weighted by Gasteiger charge is 2.14. The molecule has 198 valence electrons. The van der Waals surface area contributed by atoms with Crippen molar-refractivity contribution < 1.29 is 14.5 Å². The van der Waals surface area contributed by atoms with E-state index in [1.807, 2.05) is 54.6 Å². The zero-order valence-corrected chi connectivity index (χ0v) is 22.3. The smallest absolute Gasteiger partial charge is 0.272 e. The number of nitrogens with zero attached hydrogens (tertiary/aromatic N) is 3. The van der Waals surface area contributed by atoms with E-state index in [4.69, 9.17) is 32.9 Å². The Morgan fingerprint density at radius 2 is 1.62 bits per heavy atom. The van der Waals surface area contributed by atoms with Crippen LogP contribution in [0.5, 0.6) is 5.75 Å². The molecule has 40 heavy (non-hydrogen) atoms. The van der Waals surface area contributed by atoms with E-state index in [9.17, 15) is 14.9 Å². The minimum atomic E-state index is -0.470. The topological polar surface area (TPSA) is 107 Å². The summed E-state index contributed by atoms with van der Waals surface area (Å²) in [5, 5.41) is 16.1. The van der Waals surface area contributed by atoms with E-state index >= 15 is 0 Å². The minimum Gasteiger partial charge on any atom is -0.486 e. The van der Waals surface area contributed by atoms with Gasteiger partial charge in [-0.25, -0.2) is 10.4 Å². The number of nitro benzene ring substituents is 1. The SMILES string of the molecule is O=C(N/N=C/c1cc(Cl)c(OCc2ccc([N+](=O)[O-])cc2)c(Cl)c1)c1cc(-c2ccccc2)nc2ccccc12. The molecule has 5 aromatic rings. The van der Waals surface area contributed by atoms with E-state index < -0.39 is 10.8 Å². The normalized spacial score (nSPS) is 11.1. The van der Waals surface area contributed by atoms with Crippen molar-refractivity contribution in [2.24, 2.45) is 5.10 Å². The largest absolute Gasteiger partial charge is 0.486 e. The van der Waals surface area contributed by atoms with E-state index in [-0.39, 0.29) is 28.1 Å². The monoisotopic (exact) mass is 570 g/mol. The molecule has 0 aliphatic carbocycles. The highest BCUT2D eigenvalue weighted by molar-refractivity contribution is 6.37. The number of carbonyl (C=O) groups excluding carboxylic acids is 1. The van der Waals surface area contributed by atoms with E-state index in [1.165, 1.54) is 18.3 Å². The van der Waals surface area contributed by atoms with Crippen molar-refractivity contribution in [3.63, 3.8) is 0 Å². The number of para-hydroxylation sites is 1. The fraction of sp³-hybridized carbons (Fsp3) is 0.0333. The van der Waals surface area contributed by atoms with Crippen molar-refractivity contribution in [3.8, 4) is 17.0 Å². The molecule has 1 N–H and O–H groups in total. The van der Waals surface area contributed by atoms with Gasteiger partial charge in [0.1, 0.15) is 6.61 Å². The summed E-state index contributed by atoms with van der Waals surface area (Å²) in [7, 11) is 0. The first-order valence-electron chi connectivity index (χ1n) is 12.0. The third-order valence-corrected chi connectivity index (χ3v) is 6.52. The number of carbonyl (C=O) groups is 1. The van der Waals surface area contributed by atoms with Crippen LogP contribution in [0.3, 0.4) is 0 Å². The molecule has 0 saturated heterocycles. The van der Waals surface area contributed by atoms with Gasteiger partial charge in [-0.3, -0.25) is 14.9 Å². The first-order chi connectivity index (χ1) is 19.4. The molecule has 1 heterocycles. The van der Waals surface area contributed by atoms with Gasteiger partial charge < -0.3 is 4.74 Å². The van der Waals surface area contributed by atoms with Crippen LogP contribution >= 0.6 is 23.2 Å². The highest BCUT2D eigenvalue weighted by Crippen LogP contribution is 2.34. The van der Waals surface area contributed by atoms with Gasteiger partial charge in [0.05, 0.1) is 38.0 Å². The molecule has 0 bridgehead atoms. The van der Waals surface area contributed by atoms with Gasteiger partial charge in [-0.05, 0) is 47.5 Å². The lowest BCUT2D eigenvalue weighted by Crippen LogP contribution is -2.18. The summed E-state index contributed by atoms with van der Waals surface area (Å²) in [6.45, 7) is 0.117. The molecule has 1 amide bonds. The second-order valence-electron chi connectivity index (χ2n) is 8.66. The summed E-state index contributed by atoms with van der Waals surface area (Å²) >= 11 is 12.8. The number of hydrogen-bond acceptors (Lipinski definition) is 6. The number of rotatable bonds is 8. The lowest BCUT2D eigenvalue weighted by molar-refractivity contribution is -0.384. The molecule has 0 aliphatic heterocycles. The quantitative estimate of drug-likeness (QED) is 0.118. The summed E-state index contributed by atoms with van der Waals surface area (Å²) in [6, 6.07) is 28.0. The van der Waals surface area contributed by atoms with Crippen LogP contribution in [-0.4, -0.2) is 22.0 Å². The summed E-state index contributed by atoms with van der Waals surface area (Å²) in [5.41, 5.74) is 6.52. The van der Waals surface area contributed by atoms with Crippen molar-refractivity contribution in [1.82, 2.24) is 10.4 Å². The van der Waals surface area contributed by atoms with E-state index in [2.05, 4.69) is 10.5 Å². The van der Waals surface area contributed by atoms with Gasteiger partial charge in [0, 0.05) is 23.1 Å². The number of nitro groups is 1. The summed E-state index contributed by atoms with van der Waals surface area (Å²) in [4.78, 5) is 28.2. The van der Waals surface area contributed by atoms with Crippen LogP contribution in [0.15, 0.2) is 102 Å². The number of halogens is 2. The molecule has 0 fully saturated rings. The highest BCUT2D eigenvalue weighted by atomic mass is 35.5. The van der Waals surface area contributed by atoms with Gasteiger partial charge >= 0.3 is 0 Å². The number of non-ortho nitro benzene ring substituents is 1. The van der Waals surface area contributed by atoms with Gasteiger partial charge in [-0.1, -0.05) is 71.7 Å². The standard InChI is InChI=1S/C30H20Cl2N4O4/c31-25-14-20(15-26(32)29(25)40-18-19-10-12-22(13-11-19)36(38)39)17-33-35-30(37)24-16-28(21-6-2-1-3-7-21)34-27-9-5-4-8-23(24)27/h1-17H,18H2,(H,35,37)/b33-17+. The Kier molecular flexibility index (Phi) is 8.00. The number of aromatic nitrogens is 1. The molecule has 5 rings (SSSR count). The second kappa shape index (κ2) is 11.9. The minimum absolute atomic E-state index is 0.00991. The van der Waals surface area contributed by atoms with Crippen molar-refractivity contribution in [2.75, 3.05) is 0 Å². The number of ether oxygens (including phenoxy) is 1. The maximum absolute atomic E-state index is 13.1. The van der Waals surface area contributed by atoms with Crippen molar-refractivity contribution in [2.45, 2.75) is 6.61 Å². The van der Waals surface area contributed by atoms with Crippen LogP contribution in [0.4, 0.5) is 5.69 Å². The molecule has 0 radical (unpaired) electrons. The van der Waals surface area contributed by atoms with Crippen molar-refractivity contribution in [3.05, 3.63) is 134 Å². The molecular weight excluding hydrogens is 551 g/mol. The Bertz CT molecular complexity index is 1720. The van der Waals surface area contributed by atoms with Crippen LogP contribution in [0, 0.1) is 10.1 Å². The predicted octanol–water partition coefficient (Wildman–Crippen LogP) is 7.46. The molecular formula is C30H20Cl2N4O4. The number of fused-ring (bicyclic) bond motifs is 1. The maximum Gasteiger partial charge on any atom is 0.272 e. The Balaban J connectivity index is 1.30. The zero-order chi connectivity index (χ0) is 28.1. The van der Waals surface area contributed by atoms with Gasteiger partial charge in [-0.2, -0.15) is 5.10 Å². The van der Waals surface area contributed by atoms with Gasteiger partial charge in [0.15, 0.2) is 5.75 Å². The molecule has 0 unspecified atom stereocenters. The Morgan fingerprint density at radius 1 is 0.950 bits per heavy atom. The first-order valence-corrected chi connectivity index (χ1v) is 12.8. The van der Waals surface area contributed by atoms with Crippen molar-refractivity contribution >= 4 is 51.9 Å².